The van der Waals surface area contributed by atoms with Crippen molar-refractivity contribution in [2.45, 2.75) is 39.5 Å². The molecule has 0 unspecified atom stereocenters. The third-order valence-electron chi connectivity index (χ3n) is 4.46. The maximum atomic E-state index is 11.7. The van der Waals surface area contributed by atoms with E-state index in [9.17, 15) is 4.79 Å². The summed E-state index contributed by atoms with van der Waals surface area (Å²) in [4.78, 5) is 11.7. The van der Waals surface area contributed by atoms with Gasteiger partial charge in [-0.05, 0) is 49.3 Å². The summed E-state index contributed by atoms with van der Waals surface area (Å²) in [6.07, 6.45) is 5.30. The lowest BCUT2D eigenvalue weighted by atomic mass is 9.83. The van der Waals surface area contributed by atoms with Crippen LogP contribution in [0.3, 0.4) is 0 Å². The molecular formula is C17H25NO2. The van der Waals surface area contributed by atoms with Gasteiger partial charge in [0, 0.05) is 12.2 Å². The number of esters is 1. The van der Waals surface area contributed by atoms with E-state index in [2.05, 4.69) is 12.2 Å². The highest BCUT2D eigenvalue weighted by atomic mass is 16.5. The third-order valence-corrected chi connectivity index (χ3v) is 4.46. The van der Waals surface area contributed by atoms with Crippen LogP contribution < -0.4 is 5.32 Å². The maximum absolute atomic E-state index is 11.7. The molecular weight excluding hydrogens is 250 g/mol. The number of carbonyl (C=O) groups is 1. The Labute approximate surface area is 121 Å². The number of benzene rings is 1. The van der Waals surface area contributed by atoms with Crippen molar-refractivity contribution < 1.29 is 9.53 Å². The zero-order valence-electron chi connectivity index (χ0n) is 12.7. The van der Waals surface area contributed by atoms with Crippen LogP contribution in [0.4, 0.5) is 5.69 Å². The molecule has 0 aliphatic heterocycles. The van der Waals surface area contributed by atoms with Crippen LogP contribution in [0.2, 0.25) is 0 Å². The highest BCUT2D eigenvalue weighted by Gasteiger charge is 2.18. The molecule has 0 bridgehead atoms. The van der Waals surface area contributed by atoms with Gasteiger partial charge in [-0.2, -0.15) is 0 Å². The topological polar surface area (TPSA) is 38.3 Å². The molecule has 1 aromatic carbocycles. The number of methoxy groups -OCH3 is 1. The number of carbonyl (C=O) groups excluding carboxylic acids is 1. The van der Waals surface area contributed by atoms with Gasteiger partial charge in [0.1, 0.15) is 0 Å². The van der Waals surface area contributed by atoms with Gasteiger partial charge in [0.25, 0.3) is 0 Å². The maximum Gasteiger partial charge on any atom is 0.338 e. The summed E-state index contributed by atoms with van der Waals surface area (Å²) in [6, 6.07) is 5.76. The molecule has 1 aromatic rings. The molecule has 0 spiro atoms. The minimum atomic E-state index is -0.266. The van der Waals surface area contributed by atoms with Crippen LogP contribution in [0.25, 0.3) is 0 Å². The molecule has 0 atom stereocenters. The van der Waals surface area contributed by atoms with Gasteiger partial charge in [-0.25, -0.2) is 4.79 Å². The Balaban J connectivity index is 1.98. The molecule has 1 fully saturated rings. The van der Waals surface area contributed by atoms with Gasteiger partial charge in [0.15, 0.2) is 0 Å². The number of ether oxygens (including phenoxy) is 1. The number of hydrogen-bond acceptors (Lipinski definition) is 3. The summed E-state index contributed by atoms with van der Waals surface area (Å²) < 4.78 is 4.81. The van der Waals surface area contributed by atoms with E-state index in [0.29, 0.717) is 5.56 Å². The zero-order chi connectivity index (χ0) is 14.5. The lowest BCUT2D eigenvalue weighted by Crippen LogP contribution is -2.20. The summed E-state index contributed by atoms with van der Waals surface area (Å²) in [5, 5.41) is 3.51. The Hall–Kier alpha value is -1.51. The van der Waals surface area contributed by atoms with E-state index >= 15 is 0 Å². The molecule has 1 aliphatic carbocycles. The van der Waals surface area contributed by atoms with E-state index in [0.717, 1.165) is 29.6 Å². The first-order valence-electron chi connectivity index (χ1n) is 7.53. The molecule has 3 nitrogen and oxygen atoms in total. The van der Waals surface area contributed by atoms with Crippen molar-refractivity contribution in [1.82, 2.24) is 0 Å². The largest absolute Gasteiger partial charge is 0.465 e. The molecule has 20 heavy (non-hydrogen) atoms. The Kier molecular flexibility index (Phi) is 5.05. The molecule has 1 N–H and O–H groups in total. The molecule has 0 heterocycles. The lowest BCUT2D eigenvalue weighted by Gasteiger charge is -2.27. The third kappa shape index (κ3) is 3.53. The van der Waals surface area contributed by atoms with Gasteiger partial charge in [0.05, 0.1) is 12.7 Å². The SMILES string of the molecule is COC(=O)c1cccc(NCC2CCC(C)CC2)c1C. The fraction of sp³-hybridized carbons (Fsp3) is 0.588. The molecule has 0 radical (unpaired) electrons. The van der Waals surface area contributed by atoms with E-state index in [-0.39, 0.29) is 5.97 Å². The van der Waals surface area contributed by atoms with Crippen LogP contribution in [0.1, 0.15) is 48.5 Å². The molecule has 1 saturated carbocycles. The van der Waals surface area contributed by atoms with Crippen molar-refractivity contribution in [3.05, 3.63) is 29.3 Å². The van der Waals surface area contributed by atoms with Crippen LogP contribution in [-0.4, -0.2) is 19.6 Å². The molecule has 3 heteroatoms. The van der Waals surface area contributed by atoms with Crippen LogP contribution >= 0.6 is 0 Å². The Morgan fingerprint density at radius 2 is 2.00 bits per heavy atom. The smallest absolute Gasteiger partial charge is 0.338 e. The van der Waals surface area contributed by atoms with Crippen molar-refractivity contribution >= 4 is 11.7 Å². The molecule has 0 aromatic heterocycles. The van der Waals surface area contributed by atoms with Gasteiger partial charge in [-0.15, -0.1) is 0 Å². The minimum Gasteiger partial charge on any atom is -0.465 e. The first-order valence-corrected chi connectivity index (χ1v) is 7.53. The van der Waals surface area contributed by atoms with Crippen LogP contribution in [0, 0.1) is 18.8 Å². The van der Waals surface area contributed by atoms with Gasteiger partial charge in [-0.1, -0.05) is 25.8 Å². The van der Waals surface area contributed by atoms with Crippen molar-refractivity contribution in [1.29, 1.82) is 0 Å². The van der Waals surface area contributed by atoms with Crippen molar-refractivity contribution in [3.63, 3.8) is 0 Å². The van der Waals surface area contributed by atoms with E-state index in [4.69, 9.17) is 4.74 Å². The normalized spacial score (nSPS) is 22.4. The van der Waals surface area contributed by atoms with E-state index in [1.54, 1.807) is 0 Å². The number of anilines is 1. The summed E-state index contributed by atoms with van der Waals surface area (Å²) in [5.74, 6) is 1.38. The molecule has 110 valence electrons. The van der Waals surface area contributed by atoms with Crippen molar-refractivity contribution in [2.75, 3.05) is 19.0 Å². The highest BCUT2D eigenvalue weighted by molar-refractivity contribution is 5.92. The van der Waals surface area contributed by atoms with Gasteiger partial charge >= 0.3 is 5.97 Å². The second-order valence-electron chi connectivity index (χ2n) is 5.98. The van der Waals surface area contributed by atoms with Gasteiger partial charge in [0.2, 0.25) is 0 Å². The molecule has 0 amide bonds. The van der Waals surface area contributed by atoms with E-state index in [1.165, 1.54) is 32.8 Å². The Morgan fingerprint density at radius 1 is 1.30 bits per heavy atom. The summed E-state index contributed by atoms with van der Waals surface area (Å²) in [7, 11) is 1.42. The number of nitrogens with one attached hydrogen (secondary N) is 1. The molecule has 2 rings (SSSR count). The van der Waals surface area contributed by atoms with Gasteiger partial charge in [-0.3, -0.25) is 0 Å². The highest BCUT2D eigenvalue weighted by Crippen LogP contribution is 2.29. The van der Waals surface area contributed by atoms with Crippen LogP contribution in [0.5, 0.6) is 0 Å². The summed E-state index contributed by atoms with van der Waals surface area (Å²) in [6.45, 7) is 5.31. The van der Waals surface area contributed by atoms with Crippen LogP contribution in [-0.2, 0) is 4.74 Å². The number of hydrogen-bond donors (Lipinski definition) is 1. The lowest BCUT2D eigenvalue weighted by molar-refractivity contribution is 0.0600. The van der Waals surface area contributed by atoms with Gasteiger partial charge < -0.3 is 10.1 Å². The molecule has 1 aliphatic rings. The van der Waals surface area contributed by atoms with E-state index < -0.39 is 0 Å². The summed E-state index contributed by atoms with van der Waals surface area (Å²) >= 11 is 0. The first-order chi connectivity index (χ1) is 9.61. The standard InChI is InChI=1S/C17H25NO2/c1-12-7-9-14(10-8-12)11-18-16-6-4-5-15(13(16)2)17(19)20-3/h4-6,12,14,18H,7-11H2,1-3H3. The second-order valence-corrected chi connectivity index (χ2v) is 5.98. The Bertz CT molecular complexity index is 462. The first kappa shape index (κ1) is 14.9. The second kappa shape index (κ2) is 6.78. The Morgan fingerprint density at radius 3 is 2.65 bits per heavy atom. The fourth-order valence-electron chi connectivity index (χ4n) is 2.95. The monoisotopic (exact) mass is 275 g/mol. The minimum absolute atomic E-state index is 0.266. The zero-order valence-corrected chi connectivity index (χ0v) is 12.7. The molecule has 0 saturated heterocycles. The predicted molar refractivity (Wildman–Crippen MR) is 82.1 cm³/mol. The fourth-order valence-corrected chi connectivity index (χ4v) is 2.95. The van der Waals surface area contributed by atoms with Crippen molar-refractivity contribution in [3.8, 4) is 0 Å². The quantitative estimate of drug-likeness (QED) is 0.843. The number of rotatable bonds is 4. The predicted octanol–water partition coefficient (Wildman–Crippen LogP) is 4.02. The average molecular weight is 275 g/mol. The average Bonchev–Trinajstić information content (AvgIpc) is 2.47. The van der Waals surface area contributed by atoms with Crippen LogP contribution in [0.15, 0.2) is 18.2 Å². The van der Waals surface area contributed by atoms with Crippen molar-refractivity contribution in [2.24, 2.45) is 11.8 Å². The summed E-state index contributed by atoms with van der Waals surface area (Å²) in [5.41, 5.74) is 2.67. The van der Waals surface area contributed by atoms with E-state index in [1.807, 2.05) is 25.1 Å².